The number of hydrogen-bond donors (Lipinski definition) is 2. The summed E-state index contributed by atoms with van der Waals surface area (Å²) in [5.41, 5.74) is 2.84. The van der Waals surface area contributed by atoms with E-state index in [4.69, 9.17) is 17.0 Å². The molecule has 2 N–H and O–H groups in total. The summed E-state index contributed by atoms with van der Waals surface area (Å²) in [6, 6.07) is 15.4. The van der Waals surface area contributed by atoms with E-state index in [0.717, 1.165) is 43.1 Å². The summed E-state index contributed by atoms with van der Waals surface area (Å²) in [6.45, 7) is 8.76. The van der Waals surface area contributed by atoms with E-state index in [1.165, 1.54) is 0 Å². The zero-order chi connectivity index (χ0) is 23.1. The molecule has 1 saturated heterocycles. The third kappa shape index (κ3) is 6.43. The first kappa shape index (κ1) is 23.5. The number of nitrogens with zero attached hydrogens (tertiary/aromatic N) is 2. The van der Waals surface area contributed by atoms with Gasteiger partial charge in [0.2, 0.25) is 5.91 Å². The minimum atomic E-state index is -0.323. The molecule has 2 aromatic rings. The van der Waals surface area contributed by atoms with Gasteiger partial charge in [0, 0.05) is 43.5 Å². The Balaban J connectivity index is 1.44. The fourth-order valence-corrected chi connectivity index (χ4v) is 3.72. The SMILES string of the molecule is Cc1ccccc1OCC(=O)NC(=S)Nc1ccc(N2CCN(C(=O)C(C)C)CC2)cc1. The average Bonchev–Trinajstić information content (AvgIpc) is 2.78. The molecule has 0 saturated carbocycles. The van der Waals surface area contributed by atoms with Gasteiger partial charge in [0.25, 0.3) is 5.91 Å². The van der Waals surface area contributed by atoms with E-state index in [9.17, 15) is 9.59 Å². The molecule has 7 nitrogen and oxygen atoms in total. The van der Waals surface area contributed by atoms with Gasteiger partial charge in [-0.05, 0) is 55.0 Å². The molecular formula is C24H30N4O3S. The van der Waals surface area contributed by atoms with Gasteiger partial charge in [-0.3, -0.25) is 14.9 Å². The molecule has 1 fully saturated rings. The first-order valence-electron chi connectivity index (χ1n) is 10.8. The van der Waals surface area contributed by atoms with Crippen LogP contribution in [0.1, 0.15) is 19.4 Å². The number of hydrogen-bond acceptors (Lipinski definition) is 5. The van der Waals surface area contributed by atoms with Gasteiger partial charge < -0.3 is 19.9 Å². The number of para-hydroxylation sites is 1. The topological polar surface area (TPSA) is 73.9 Å². The number of anilines is 2. The lowest BCUT2D eigenvalue weighted by Gasteiger charge is -2.37. The van der Waals surface area contributed by atoms with Crippen molar-refractivity contribution in [3.05, 3.63) is 54.1 Å². The quantitative estimate of drug-likeness (QED) is 0.653. The van der Waals surface area contributed by atoms with Crippen LogP contribution in [0, 0.1) is 12.8 Å². The number of aryl methyl sites for hydroxylation is 1. The third-order valence-electron chi connectivity index (χ3n) is 5.28. The molecule has 0 aliphatic carbocycles. The Hall–Kier alpha value is -3.13. The Kier molecular flexibility index (Phi) is 8.05. The molecule has 32 heavy (non-hydrogen) atoms. The van der Waals surface area contributed by atoms with Crippen molar-refractivity contribution in [2.45, 2.75) is 20.8 Å². The number of thiocarbonyl (C=S) groups is 1. The minimum Gasteiger partial charge on any atom is -0.483 e. The van der Waals surface area contributed by atoms with Crippen LogP contribution < -0.4 is 20.3 Å². The second kappa shape index (κ2) is 10.9. The van der Waals surface area contributed by atoms with Gasteiger partial charge in [-0.15, -0.1) is 0 Å². The number of carbonyl (C=O) groups excluding carboxylic acids is 2. The molecule has 0 spiro atoms. The van der Waals surface area contributed by atoms with E-state index >= 15 is 0 Å². The van der Waals surface area contributed by atoms with Crippen molar-refractivity contribution in [2.75, 3.05) is 43.0 Å². The molecule has 2 aromatic carbocycles. The van der Waals surface area contributed by atoms with Crippen LogP contribution in [0.25, 0.3) is 0 Å². The van der Waals surface area contributed by atoms with Crippen LogP contribution in [-0.4, -0.2) is 54.6 Å². The fourth-order valence-electron chi connectivity index (χ4n) is 3.49. The Bertz CT molecular complexity index is 954. The summed E-state index contributed by atoms with van der Waals surface area (Å²) >= 11 is 5.24. The van der Waals surface area contributed by atoms with Crippen LogP contribution in [0.4, 0.5) is 11.4 Å². The van der Waals surface area contributed by atoms with Crippen molar-refractivity contribution < 1.29 is 14.3 Å². The van der Waals surface area contributed by atoms with Gasteiger partial charge in [-0.2, -0.15) is 0 Å². The summed E-state index contributed by atoms with van der Waals surface area (Å²) in [7, 11) is 0. The van der Waals surface area contributed by atoms with Gasteiger partial charge in [0.05, 0.1) is 0 Å². The standard InChI is InChI=1S/C24H30N4O3S/c1-17(2)23(30)28-14-12-27(13-15-28)20-10-8-19(9-11-20)25-24(32)26-22(29)16-31-21-7-5-4-6-18(21)3/h4-11,17H,12-16H2,1-3H3,(H2,25,26,29,32). The van der Waals surface area contributed by atoms with Gasteiger partial charge in [-0.25, -0.2) is 0 Å². The van der Waals surface area contributed by atoms with Crippen molar-refractivity contribution in [3.8, 4) is 5.75 Å². The number of nitrogens with one attached hydrogen (secondary N) is 2. The molecule has 1 aliphatic heterocycles. The lowest BCUT2D eigenvalue weighted by atomic mass is 10.1. The van der Waals surface area contributed by atoms with Gasteiger partial charge in [0.1, 0.15) is 5.75 Å². The number of amides is 2. The third-order valence-corrected chi connectivity index (χ3v) is 5.48. The zero-order valence-electron chi connectivity index (χ0n) is 18.8. The van der Waals surface area contributed by atoms with E-state index in [1.807, 2.05) is 74.2 Å². The van der Waals surface area contributed by atoms with E-state index in [1.54, 1.807) is 0 Å². The predicted molar refractivity (Wildman–Crippen MR) is 131 cm³/mol. The smallest absolute Gasteiger partial charge is 0.264 e. The van der Waals surface area contributed by atoms with E-state index < -0.39 is 0 Å². The van der Waals surface area contributed by atoms with Crippen molar-refractivity contribution in [2.24, 2.45) is 5.92 Å². The Morgan fingerprint density at radius 1 is 1.03 bits per heavy atom. The molecule has 1 aliphatic rings. The molecule has 0 bridgehead atoms. The Morgan fingerprint density at radius 3 is 2.31 bits per heavy atom. The summed E-state index contributed by atoms with van der Waals surface area (Å²) in [6.07, 6.45) is 0. The van der Waals surface area contributed by atoms with Gasteiger partial charge >= 0.3 is 0 Å². The van der Waals surface area contributed by atoms with Crippen molar-refractivity contribution >= 4 is 40.5 Å². The summed E-state index contributed by atoms with van der Waals surface area (Å²) in [5.74, 6) is 0.594. The van der Waals surface area contributed by atoms with E-state index in [0.29, 0.717) is 5.75 Å². The Morgan fingerprint density at radius 2 is 1.69 bits per heavy atom. The minimum absolute atomic E-state index is 0.0326. The molecule has 1 heterocycles. The molecule has 170 valence electrons. The maximum atomic E-state index is 12.1. The second-order valence-corrected chi connectivity index (χ2v) is 8.48. The summed E-state index contributed by atoms with van der Waals surface area (Å²) in [5, 5.41) is 5.87. The number of rotatable bonds is 6. The molecule has 8 heteroatoms. The highest BCUT2D eigenvalue weighted by molar-refractivity contribution is 7.80. The highest BCUT2D eigenvalue weighted by atomic mass is 32.1. The second-order valence-electron chi connectivity index (χ2n) is 8.07. The lowest BCUT2D eigenvalue weighted by Crippen LogP contribution is -2.49. The zero-order valence-corrected chi connectivity index (χ0v) is 19.6. The van der Waals surface area contributed by atoms with Crippen molar-refractivity contribution in [1.82, 2.24) is 10.2 Å². The number of ether oxygens (including phenoxy) is 1. The van der Waals surface area contributed by atoms with Crippen LogP contribution in [0.2, 0.25) is 0 Å². The van der Waals surface area contributed by atoms with E-state index in [-0.39, 0.29) is 29.5 Å². The molecule has 0 atom stereocenters. The number of benzene rings is 2. The molecule has 0 radical (unpaired) electrons. The maximum Gasteiger partial charge on any atom is 0.264 e. The highest BCUT2D eigenvalue weighted by Crippen LogP contribution is 2.20. The van der Waals surface area contributed by atoms with E-state index in [2.05, 4.69) is 15.5 Å². The highest BCUT2D eigenvalue weighted by Gasteiger charge is 2.22. The summed E-state index contributed by atoms with van der Waals surface area (Å²) in [4.78, 5) is 28.4. The van der Waals surface area contributed by atoms with Crippen LogP contribution in [0.15, 0.2) is 48.5 Å². The monoisotopic (exact) mass is 454 g/mol. The van der Waals surface area contributed by atoms with Crippen molar-refractivity contribution in [1.29, 1.82) is 0 Å². The average molecular weight is 455 g/mol. The fraction of sp³-hybridized carbons (Fsp3) is 0.375. The number of piperazine rings is 1. The Labute approximate surface area is 194 Å². The first-order valence-corrected chi connectivity index (χ1v) is 11.2. The number of carbonyl (C=O) groups is 2. The van der Waals surface area contributed by atoms with Gasteiger partial charge in [0.15, 0.2) is 11.7 Å². The largest absolute Gasteiger partial charge is 0.483 e. The molecule has 0 aromatic heterocycles. The van der Waals surface area contributed by atoms with Crippen LogP contribution >= 0.6 is 12.2 Å². The van der Waals surface area contributed by atoms with Crippen LogP contribution in [0.5, 0.6) is 5.75 Å². The van der Waals surface area contributed by atoms with Gasteiger partial charge in [-0.1, -0.05) is 32.0 Å². The summed E-state index contributed by atoms with van der Waals surface area (Å²) < 4.78 is 5.54. The normalized spacial score (nSPS) is 13.6. The molecule has 0 unspecified atom stereocenters. The molecule has 3 rings (SSSR count). The van der Waals surface area contributed by atoms with Crippen LogP contribution in [-0.2, 0) is 9.59 Å². The lowest BCUT2D eigenvalue weighted by molar-refractivity contribution is -0.134. The first-order chi connectivity index (χ1) is 15.3. The molecular weight excluding hydrogens is 424 g/mol. The van der Waals surface area contributed by atoms with Crippen molar-refractivity contribution in [3.63, 3.8) is 0 Å². The molecule has 2 amide bonds. The predicted octanol–water partition coefficient (Wildman–Crippen LogP) is 3.19. The maximum absolute atomic E-state index is 12.1. The van der Waals surface area contributed by atoms with Crippen LogP contribution in [0.3, 0.4) is 0 Å².